The summed E-state index contributed by atoms with van der Waals surface area (Å²) in [5.74, 6) is -4.06. The Labute approximate surface area is 141 Å². The molecule has 0 aromatic carbocycles. The third-order valence-corrected chi connectivity index (χ3v) is 3.62. The molecule has 0 spiro atoms. The lowest BCUT2D eigenvalue weighted by atomic mass is 10.1. The van der Waals surface area contributed by atoms with E-state index in [-0.39, 0.29) is 18.6 Å². The van der Waals surface area contributed by atoms with Crippen LogP contribution in [0.15, 0.2) is 0 Å². The van der Waals surface area contributed by atoms with Crippen molar-refractivity contribution in [3.63, 3.8) is 0 Å². The molecule has 24 heavy (non-hydrogen) atoms. The summed E-state index contributed by atoms with van der Waals surface area (Å²) in [5.41, 5.74) is 5.27. The first-order valence-corrected chi connectivity index (χ1v) is 7.77. The molecule has 2 atom stereocenters. The van der Waals surface area contributed by atoms with Gasteiger partial charge < -0.3 is 31.9 Å². The first kappa shape index (κ1) is 21.7. The molecule has 136 valence electrons. The van der Waals surface area contributed by atoms with Crippen LogP contribution in [-0.4, -0.2) is 70.6 Å². The normalized spacial score (nSPS) is 12.6. The molecule has 0 aliphatic rings. The van der Waals surface area contributed by atoms with E-state index in [0.717, 1.165) is 11.8 Å². The average Bonchev–Trinajstić information content (AvgIpc) is 2.53. The highest BCUT2D eigenvalue weighted by molar-refractivity contribution is 8.13. The number of aliphatic carboxylic acids is 2. The predicted octanol–water partition coefficient (Wildman–Crippen LogP) is -2.06. The van der Waals surface area contributed by atoms with Crippen molar-refractivity contribution in [1.29, 1.82) is 0 Å². The Morgan fingerprint density at radius 2 is 1.79 bits per heavy atom. The molecule has 7 N–H and O–H groups in total. The second-order valence-corrected chi connectivity index (χ2v) is 5.56. The molecular formula is C12H20N4O7S. The van der Waals surface area contributed by atoms with Crippen molar-refractivity contribution in [3.05, 3.63) is 0 Å². The first-order chi connectivity index (χ1) is 11.2. The number of hydrogen-bond donors (Lipinski definition) is 6. The predicted molar refractivity (Wildman–Crippen MR) is 84.3 cm³/mol. The maximum atomic E-state index is 11.9. The molecule has 0 saturated heterocycles. The smallest absolute Gasteiger partial charge is 0.322 e. The van der Waals surface area contributed by atoms with Crippen LogP contribution in [-0.2, 0) is 19.2 Å². The van der Waals surface area contributed by atoms with Crippen molar-refractivity contribution in [2.45, 2.75) is 24.9 Å². The number of thioether (sulfide) groups is 1. The van der Waals surface area contributed by atoms with E-state index >= 15 is 0 Å². The van der Waals surface area contributed by atoms with E-state index in [2.05, 4.69) is 16.0 Å². The molecule has 0 saturated carbocycles. The van der Waals surface area contributed by atoms with Gasteiger partial charge >= 0.3 is 11.9 Å². The molecule has 0 unspecified atom stereocenters. The van der Waals surface area contributed by atoms with Crippen LogP contribution < -0.4 is 21.7 Å². The molecular weight excluding hydrogens is 344 g/mol. The Morgan fingerprint density at radius 1 is 1.17 bits per heavy atom. The van der Waals surface area contributed by atoms with Crippen LogP contribution in [0.1, 0.15) is 12.8 Å². The molecule has 0 aromatic rings. The van der Waals surface area contributed by atoms with Crippen LogP contribution in [0.5, 0.6) is 0 Å². The van der Waals surface area contributed by atoms with Crippen molar-refractivity contribution in [3.8, 4) is 0 Å². The second-order valence-electron chi connectivity index (χ2n) is 4.56. The molecule has 0 heterocycles. The molecule has 0 radical (unpaired) electrons. The van der Waals surface area contributed by atoms with Gasteiger partial charge in [0.25, 0.3) is 5.24 Å². The van der Waals surface area contributed by atoms with Crippen molar-refractivity contribution in [1.82, 2.24) is 16.0 Å². The summed E-state index contributed by atoms with van der Waals surface area (Å²) < 4.78 is 0. The SMILES string of the molecule is CNC(=O)SC[C@@H](NC(=O)CC[C@H](N)C(=O)O)C(=O)NCC(=O)O. The van der Waals surface area contributed by atoms with Gasteiger partial charge in [0.05, 0.1) is 0 Å². The molecule has 0 bridgehead atoms. The minimum Gasteiger partial charge on any atom is -0.480 e. The highest BCUT2D eigenvalue weighted by Gasteiger charge is 2.23. The number of amides is 3. The van der Waals surface area contributed by atoms with Crippen molar-refractivity contribution in [2.75, 3.05) is 19.3 Å². The fourth-order valence-corrected chi connectivity index (χ4v) is 2.07. The summed E-state index contributed by atoms with van der Waals surface area (Å²) in [4.78, 5) is 55.9. The molecule has 0 aliphatic heterocycles. The van der Waals surface area contributed by atoms with Gasteiger partial charge in [-0.05, 0) is 6.42 Å². The van der Waals surface area contributed by atoms with Gasteiger partial charge in [-0.15, -0.1) is 0 Å². The topological polar surface area (TPSA) is 188 Å². The average molecular weight is 364 g/mol. The standard InChI is InChI=1S/C12H20N4O7S/c1-14-12(23)24-5-7(10(20)15-4-9(18)19)16-8(17)3-2-6(13)11(21)22/h6-7H,2-5,13H2,1H3,(H,14,23)(H,15,20)(H,16,17)(H,18,19)(H,21,22)/t6-,7+/m0/s1. The molecule has 0 rings (SSSR count). The van der Waals surface area contributed by atoms with Crippen LogP contribution >= 0.6 is 11.8 Å². The lowest BCUT2D eigenvalue weighted by Gasteiger charge is -2.17. The lowest BCUT2D eigenvalue weighted by Crippen LogP contribution is -2.49. The molecule has 11 nitrogen and oxygen atoms in total. The highest BCUT2D eigenvalue weighted by atomic mass is 32.2. The first-order valence-electron chi connectivity index (χ1n) is 6.79. The van der Waals surface area contributed by atoms with Gasteiger partial charge in [-0.2, -0.15) is 0 Å². The van der Waals surface area contributed by atoms with E-state index < -0.39 is 47.6 Å². The van der Waals surface area contributed by atoms with Gasteiger partial charge in [-0.1, -0.05) is 11.8 Å². The quantitative estimate of drug-likeness (QED) is 0.253. The summed E-state index contributed by atoms with van der Waals surface area (Å²) in [5, 5.41) is 23.5. The van der Waals surface area contributed by atoms with E-state index in [9.17, 15) is 24.0 Å². The Kier molecular flexibility index (Phi) is 10.1. The Morgan fingerprint density at radius 3 is 2.29 bits per heavy atom. The van der Waals surface area contributed by atoms with Crippen LogP contribution in [0.3, 0.4) is 0 Å². The van der Waals surface area contributed by atoms with E-state index in [1.807, 2.05) is 0 Å². The van der Waals surface area contributed by atoms with Gasteiger partial charge in [-0.25, -0.2) is 0 Å². The summed E-state index contributed by atoms with van der Waals surface area (Å²) in [6.07, 6.45) is -0.367. The van der Waals surface area contributed by atoms with Gasteiger partial charge in [0.15, 0.2) is 0 Å². The largest absolute Gasteiger partial charge is 0.480 e. The van der Waals surface area contributed by atoms with Crippen molar-refractivity contribution < 1.29 is 34.2 Å². The van der Waals surface area contributed by atoms with E-state index in [1.165, 1.54) is 7.05 Å². The third kappa shape index (κ3) is 9.63. The van der Waals surface area contributed by atoms with Gasteiger partial charge in [0.1, 0.15) is 18.6 Å². The second kappa shape index (κ2) is 11.2. The molecule has 0 fully saturated rings. The zero-order valence-electron chi connectivity index (χ0n) is 12.9. The Bertz CT molecular complexity index is 500. The number of carbonyl (C=O) groups is 5. The third-order valence-electron chi connectivity index (χ3n) is 2.65. The maximum Gasteiger partial charge on any atom is 0.322 e. The molecule has 12 heteroatoms. The summed E-state index contributed by atoms with van der Waals surface area (Å²) in [7, 11) is 1.39. The Balaban J connectivity index is 4.63. The summed E-state index contributed by atoms with van der Waals surface area (Å²) >= 11 is 0.727. The van der Waals surface area contributed by atoms with Crippen LogP contribution in [0.2, 0.25) is 0 Å². The number of carbonyl (C=O) groups excluding carboxylic acids is 3. The van der Waals surface area contributed by atoms with Crippen LogP contribution in [0.25, 0.3) is 0 Å². The summed E-state index contributed by atoms with van der Waals surface area (Å²) in [6, 6.07) is -2.37. The van der Waals surface area contributed by atoms with E-state index in [4.69, 9.17) is 15.9 Å². The van der Waals surface area contributed by atoms with Crippen LogP contribution in [0, 0.1) is 0 Å². The fraction of sp³-hybridized carbons (Fsp3) is 0.583. The zero-order chi connectivity index (χ0) is 18.7. The van der Waals surface area contributed by atoms with Gasteiger partial charge in [0.2, 0.25) is 11.8 Å². The minimum absolute atomic E-state index is 0.123. The monoisotopic (exact) mass is 364 g/mol. The summed E-state index contributed by atoms with van der Waals surface area (Å²) in [6.45, 7) is -0.639. The van der Waals surface area contributed by atoms with Crippen molar-refractivity contribution >= 4 is 40.8 Å². The van der Waals surface area contributed by atoms with E-state index in [0.29, 0.717) is 0 Å². The van der Waals surface area contributed by atoms with Gasteiger partial charge in [-0.3, -0.25) is 24.0 Å². The number of rotatable bonds is 10. The number of nitrogens with one attached hydrogen (secondary N) is 3. The van der Waals surface area contributed by atoms with Crippen LogP contribution in [0.4, 0.5) is 4.79 Å². The fourth-order valence-electron chi connectivity index (χ4n) is 1.38. The maximum absolute atomic E-state index is 11.9. The molecule has 0 aliphatic carbocycles. The number of carboxylic acids is 2. The molecule has 0 aromatic heterocycles. The minimum atomic E-state index is -1.26. The number of nitrogens with two attached hydrogens (primary N) is 1. The zero-order valence-corrected chi connectivity index (χ0v) is 13.7. The number of hydrogen-bond acceptors (Lipinski definition) is 7. The number of carboxylic acid groups (broad SMARTS) is 2. The van der Waals surface area contributed by atoms with Gasteiger partial charge in [0, 0.05) is 19.2 Å². The van der Waals surface area contributed by atoms with E-state index in [1.54, 1.807) is 0 Å². The Hall–Kier alpha value is -2.34. The lowest BCUT2D eigenvalue weighted by molar-refractivity contribution is -0.139. The van der Waals surface area contributed by atoms with Crippen molar-refractivity contribution in [2.24, 2.45) is 5.73 Å². The highest BCUT2D eigenvalue weighted by Crippen LogP contribution is 2.05. The molecule has 3 amide bonds.